The molecule has 24 heavy (non-hydrogen) atoms. The number of hydrogen-bond acceptors (Lipinski definition) is 5. The highest BCUT2D eigenvalue weighted by atomic mass is 16.6. The molecule has 1 aromatic rings. The van der Waals surface area contributed by atoms with E-state index in [0.29, 0.717) is 0 Å². The molecule has 1 atom stereocenters. The van der Waals surface area contributed by atoms with Gasteiger partial charge in [0.2, 0.25) is 0 Å². The first-order chi connectivity index (χ1) is 11.7. The summed E-state index contributed by atoms with van der Waals surface area (Å²) >= 11 is 0. The first-order valence-electron chi connectivity index (χ1n) is 8.64. The van der Waals surface area contributed by atoms with Crippen molar-refractivity contribution in [1.82, 2.24) is 9.80 Å². The number of amides is 1. The Labute approximate surface area is 143 Å². The molecule has 1 amide bonds. The van der Waals surface area contributed by atoms with Gasteiger partial charge in [-0.25, -0.2) is 0 Å². The molecule has 0 saturated carbocycles. The van der Waals surface area contributed by atoms with Crippen LogP contribution in [0.2, 0.25) is 0 Å². The van der Waals surface area contributed by atoms with Crippen LogP contribution >= 0.6 is 0 Å². The number of oxime groups is 1. The van der Waals surface area contributed by atoms with Gasteiger partial charge in [0, 0.05) is 39.1 Å². The standard InChI is InChI=1S/C18H25N3O3/c1-2-15-12-17(24-19-15)13-20-8-10-21(11-9-20)18(22)14-23-16-6-4-3-5-7-16/h3-7,17H,2,8-14H2,1H3. The van der Waals surface area contributed by atoms with Gasteiger partial charge in [-0.3, -0.25) is 9.69 Å². The van der Waals surface area contributed by atoms with Gasteiger partial charge in [-0.15, -0.1) is 0 Å². The van der Waals surface area contributed by atoms with Gasteiger partial charge < -0.3 is 14.5 Å². The summed E-state index contributed by atoms with van der Waals surface area (Å²) in [5, 5.41) is 4.11. The summed E-state index contributed by atoms with van der Waals surface area (Å²) in [5.41, 5.74) is 1.15. The van der Waals surface area contributed by atoms with Gasteiger partial charge in [-0.1, -0.05) is 30.3 Å². The first kappa shape index (κ1) is 16.8. The van der Waals surface area contributed by atoms with Crippen molar-refractivity contribution in [1.29, 1.82) is 0 Å². The molecule has 1 saturated heterocycles. The molecular weight excluding hydrogens is 306 g/mol. The van der Waals surface area contributed by atoms with E-state index in [4.69, 9.17) is 9.57 Å². The SMILES string of the molecule is CCC1=NOC(CN2CCN(C(=O)COc3ccccc3)CC2)C1. The Hall–Kier alpha value is -2.08. The zero-order valence-electron chi connectivity index (χ0n) is 14.2. The molecule has 2 heterocycles. The number of piperazine rings is 1. The number of para-hydroxylation sites is 1. The van der Waals surface area contributed by atoms with E-state index in [1.54, 1.807) is 0 Å². The van der Waals surface area contributed by atoms with Crippen LogP contribution in [0.25, 0.3) is 0 Å². The number of rotatable bonds is 6. The van der Waals surface area contributed by atoms with E-state index in [0.717, 1.165) is 57.0 Å². The van der Waals surface area contributed by atoms with Crippen LogP contribution in [0, 0.1) is 0 Å². The molecule has 6 heteroatoms. The lowest BCUT2D eigenvalue weighted by Crippen LogP contribution is -2.51. The predicted octanol–water partition coefficient (Wildman–Crippen LogP) is 1.76. The molecule has 0 spiro atoms. The summed E-state index contributed by atoms with van der Waals surface area (Å²) in [6, 6.07) is 9.45. The number of carbonyl (C=O) groups is 1. The van der Waals surface area contributed by atoms with E-state index in [1.165, 1.54) is 0 Å². The average Bonchev–Trinajstić information content (AvgIpc) is 3.09. The molecule has 130 valence electrons. The van der Waals surface area contributed by atoms with E-state index in [-0.39, 0.29) is 18.6 Å². The Balaban J connectivity index is 1.36. The molecule has 1 fully saturated rings. The van der Waals surface area contributed by atoms with Crippen LogP contribution in [-0.2, 0) is 9.63 Å². The lowest BCUT2D eigenvalue weighted by atomic mass is 10.1. The van der Waals surface area contributed by atoms with Crippen molar-refractivity contribution in [3.8, 4) is 5.75 Å². The number of nitrogens with zero attached hydrogens (tertiary/aromatic N) is 3. The van der Waals surface area contributed by atoms with Gasteiger partial charge in [-0.2, -0.15) is 0 Å². The zero-order valence-corrected chi connectivity index (χ0v) is 14.2. The first-order valence-corrected chi connectivity index (χ1v) is 8.64. The predicted molar refractivity (Wildman–Crippen MR) is 92.2 cm³/mol. The van der Waals surface area contributed by atoms with Crippen LogP contribution in [0.15, 0.2) is 35.5 Å². The van der Waals surface area contributed by atoms with E-state index in [2.05, 4.69) is 17.0 Å². The van der Waals surface area contributed by atoms with Crippen molar-refractivity contribution in [2.24, 2.45) is 5.16 Å². The van der Waals surface area contributed by atoms with Crippen LogP contribution in [0.1, 0.15) is 19.8 Å². The highest BCUT2D eigenvalue weighted by Crippen LogP contribution is 2.15. The number of carbonyl (C=O) groups excluding carboxylic acids is 1. The molecule has 2 aliphatic heterocycles. The number of hydrogen-bond donors (Lipinski definition) is 0. The average molecular weight is 331 g/mol. The third kappa shape index (κ3) is 4.47. The van der Waals surface area contributed by atoms with Crippen molar-refractivity contribution in [2.45, 2.75) is 25.9 Å². The molecule has 0 N–H and O–H groups in total. The van der Waals surface area contributed by atoms with Gasteiger partial charge >= 0.3 is 0 Å². The van der Waals surface area contributed by atoms with Crippen molar-refractivity contribution >= 4 is 11.6 Å². The minimum Gasteiger partial charge on any atom is -0.484 e. The summed E-state index contributed by atoms with van der Waals surface area (Å²) in [5.74, 6) is 0.779. The smallest absolute Gasteiger partial charge is 0.260 e. The van der Waals surface area contributed by atoms with Gasteiger partial charge in [0.25, 0.3) is 5.91 Å². The topological polar surface area (TPSA) is 54.4 Å². The molecule has 2 aliphatic rings. The number of ether oxygens (including phenoxy) is 1. The Morgan fingerprint density at radius 3 is 2.67 bits per heavy atom. The van der Waals surface area contributed by atoms with Crippen LogP contribution in [0.3, 0.4) is 0 Å². The van der Waals surface area contributed by atoms with Crippen LogP contribution in [0.4, 0.5) is 0 Å². The highest BCUT2D eigenvalue weighted by Gasteiger charge is 2.26. The molecule has 0 aliphatic carbocycles. The van der Waals surface area contributed by atoms with Crippen LogP contribution < -0.4 is 4.74 Å². The second kappa shape index (κ2) is 8.15. The normalized spacial score (nSPS) is 21.3. The van der Waals surface area contributed by atoms with Gasteiger partial charge in [0.05, 0.1) is 5.71 Å². The molecule has 0 aromatic heterocycles. The third-order valence-electron chi connectivity index (χ3n) is 4.49. The summed E-state index contributed by atoms with van der Waals surface area (Å²) in [7, 11) is 0. The summed E-state index contributed by atoms with van der Waals surface area (Å²) < 4.78 is 5.54. The highest BCUT2D eigenvalue weighted by molar-refractivity contribution is 5.85. The fourth-order valence-corrected chi connectivity index (χ4v) is 3.01. The van der Waals surface area contributed by atoms with Crippen molar-refractivity contribution in [3.63, 3.8) is 0 Å². The fraction of sp³-hybridized carbons (Fsp3) is 0.556. The summed E-state index contributed by atoms with van der Waals surface area (Å²) in [6.07, 6.45) is 2.06. The van der Waals surface area contributed by atoms with Gasteiger partial charge in [0.1, 0.15) is 11.9 Å². The fourth-order valence-electron chi connectivity index (χ4n) is 3.01. The summed E-state index contributed by atoms with van der Waals surface area (Å²) in [6.45, 7) is 6.32. The van der Waals surface area contributed by atoms with Crippen molar-refractivity contribution < 1.29 is 14.4 Å². The Morgan fingerprint density at radius 2 is 2.00 bits per heavy atom. The van der Waals surface area contributed by atoms with E-state index < -0.39 is 0 Å². The largest absolute Gasteiger partial charge is 0.484 e. The molecule has 1 aromatic carbocycles. The molecule has 6 nitrogen and oxygen atoms in total. The van der Waals surface area contributed by atoms with E-state index in [9.17, 15) is 4.79 Å². The minimum atomic E-state index is 0.0484. The Bertz CT molecular complexity index is 568. The third-order valence-corrected chi connectivity index (χ3v) is 4.49. The molecule has 1 unspecified atom stereocenters. The molecular formula is C18H25N3O3. The maximum Gasteiger partial charge on any atom is 0.260 e. The zero-order chi connectivity index (χ0) is 16.8. The van der Waals surface area contributed by atoms with Crippen LogP contribution in [0.5, 0.6) is 5.75 Å². The second-order valence-electron chi connectivity index (χ2n) is 6.23. The van der Waals surface area contributed by atoms with E-state index in [1.807, 2.05) is 35.2 Å². The Morgan fingerprint density at radius 1 is 1.25 bits per heavy atom. The maximum absolute atomic E-state index is 12.2. The van der Waals surface area contributed by atoms with Crippen LogP contribution in [-0.4, -0.2) is 66.9 Å². The minimum absolute atomic E-state index is 0.0484. The van der Waals surface area contributed by atoms with E-state index >= 15 is 0 Å². The lowest BCUT2D eigenvalue weighted by Gasteiger charge is -2.35. The molecule has 0 bridgehead atoms. The molecule has 0 radical (unpaired) electrons. The molecule has 3 rings (SSSR count). The van der Waals surface area contributed by atoms with Crippen molar-refractivity contribution in [3.05, 3.63) is 30.3 Å². The Kier molecular flexibility index (Phi) is 5.69. The lowest BCUT2D eigenvalue weighted by molar-refractivity contribution is -0.135. The maximum atomic E-state index is 12.2. The second-order valence-corrected chi connectivity index (χ2v) is 6.23. The quantitative estimate of drug-likeness (QED) is 0.797. The monoisotopic (exact) mass is 331 g/mol. The van der Waals surface area contributed by atoms with Crippen molar-refractivity contribution in [2.75, 3.05) is 39.3 Å². The summed E-state index contributed by atoms with van der Waals surface area (Å²) in [4.78, 5) is 21.9. The number of benzene rings is 1. The van der Waals surface area contributed by atoms with Gasteiger partial charge in [-0.05, 0) is 18.6 Å². The van der Waals surface area contributed by atoms with Gasteiger partial charge in [0.15, 0.2) is 6.61 Å².